The summed E-state index contributed by atoms with van der Waals surface area (Å²) in [4.78, 5) is 52.1. The van der Waals surface area contributed by atoms with E-state index < -0.39 is 35.7 Å². The van der Waals surface area contributed by atoms with Crippen LogP contribution in [0.25, 0.3) is 11.4 Å². The van der Waals surface area contributed by atoms with Gasteiger partial charge in [-0.3, -0.25) is 23.9 Å². The van der Waals surface area contributed by atoms with Gasteiger partial charge in [0.15, 0.2) is 18.0 Å². The van der Waals surface area contributed by atoms with E-state index in [0.29, 0.717) is 22.5 Å². The number of rotatable bonds is 7. The van der Waals surface area contributed by atoms with Crippen molar-refractivity contribution < 1.29 is 33.5 Å². The van der Waals surface area contributed by atoms with Crippen LogP contribution in [0.2, 0.25) is 0 Å². The summed E-state index contributed by atoms with van der Waals surface area (Å²) in [6.07, 6.45) is -3.13. The molecule has 0 aliphatic carbocycles. The highest BCUT2D eigenvalue weighted by atomic mass is 16.5. The number of methoxy groups -OCH3 is 1. The molecule has 0 bridgehead atoms. The fourth-order valence-corrected chi connectivity index (χ4v) is 3.58. The number of benzene rings is 2. The number of hydrogen-bond acceptors (Lipinski definition) is 9. The van der Waals surface area contributed by atoms with Crippen LogP contribution in [0.1, 0.15) is 5.56 Å². The van der Waals surface area contributed by atoms with Crippen molar-refractivity contribution >= 4 is 29.2 Å². The SMILES string of the molecule is COC(=O)Cc1cccc(N2CCO[C@H]([C@@H](O)C(=O)Nc3ccc(-c4noc(=O)[nH]4)cc3)C2=O)c1. The Labute approximate surface area is 198 Å². The van der Waals surface area contributed by atoms with Crippen LogP contribution in [-0.4, -0.2) is 65.5 Å². The first-order valence-corrected chi connectivity index (χ1v) is 10.6. The number of anilines is 2. The van der Waals surface area contributed by atoms with Crippen LogP contribution in [0.4, 0.5) is 11.4 Å². The molecule has 1 aliphatic rings. The minimum Gasteiger partial charge on any atom is -0.469 e. The standard InChI is InChI=1S/C23H22N4O8/c1-33-17(28)12-13-3-2-4-16(11-13)27-9-10-34-19(22(27)31)18(29)21(30)24-15-7-5-14(6-8-15)20-25-23(32)35-26-20/h2-8,11,18-19,29H,9-10,12H2,1H3,(H,24,30)(H,25,26,32)/t18-,19-/m1/s1. The molecule has 35 heavy (non-hydrogen) atoms. The molecule has 4 rings (SSSR count). The van der Waals surface area contributed by atoms with Crippen molar-refractivity contribution in [2.24, 2.45) is 0 Å². The molecule has 1 aromatic heterocycles. The first kappa shape index (κ1) is 23.9. The molecule has 182 valence electrons. The number of aromatic amines is 1. The quantitative estimate of drug-likeness (QED) is 0.406. The molecule has 2 amide bonds. The molecule has 0 radical (unpaired) electrons. The number of amides is 2. The van der Waals surface area contributed by atoms with E-state index in [1.165, 1.54) is 24.1 Å². The third-order valence-corrected chi connectivity index (χ3v) is 5.34. The Morgan fingerprint density at radius 1 is 1.26 bits per heavy atom. The Balaban J connectivity index is 1.42. The Hall–Kier alpha value is -4.29. The summed E-state index contributed by atoms with van der Waals surface area (Å²) in [5.74, 6) is -2.29. The number of ether oxygens (including phenoxy) is 2. The maximum Gasteiger partial charge on any atom is 0.439 e. The van der Waals surface area contributed by atoms with Gasteiger partial charge in [0.05, 0.1) is 20.1 Å². The number of nitrogens with one attached hydrogen (secondary N) is 2. The lowest BCUT2D eigenvalue weighted by Gasteiger charge is -2.34. The molecule has 12 heteroatoms. The molecule has 3 aromatic rings. The van der Waals surface area contributed by atoms with Gasteiger partial charge in [-0.25, -0.2) is 4.79 Å². The second-order valence-corrected chi connectivity index (χ2v) is 7.66. The number of H-pyrrole nitrogens is 1. The maximum absolute atomic E-state index is 13.0. The smallest absolute Gasteiger partial charge is 0.439 e. The first-order chi connectivity index (χ1) is 16.9. The summed E-state index contributed by atoms with van der Waals surface area (Å²) >= 11 is 0. The van der Waals surface area contributed by atoms with E-state index in [1.807, 2.05) is 0 Å². The summed E-state index contributed by atoms with van der Waals surface area (Å²) in [6.45, 7) is 0.323. The molecule has 2 atom stereocenters. The number of esters is 1. The van der Waals surface area contributed by atoms with Crippen LogP contribution in [-0.2, 0) is 30.3 Å². The van der Waals surface area contributed by atoms with E-state index in [0.717, 1.165) is 0 Å². The molecule has 1 fully saturated rings. The van der Waals surface area contributed by atoms with Crippen LogP contribution in [0.5, 0.6) is 0 Å². The van der Waals surface area contributed by atoms with Crippen LogP contribution < -0.4 is 16.0 Å². The molecule has 2 aromatic carbocycles. The largest absolute Gasteiger partial charge is 0.469 e. The summed E-state index contributed by atoms with van der Waals surface area (Å²) in [6, 6.07) is 13.0. The predicted molar refractivity (Wildman–Crippen MR) is 121 cm³/mol. The van der Waals surface area contributed by atoms with E-state index in [9.17, 15) is 24.3 Å². The van der Waals surface area contributed by atoms with E-state index >= 15 is 0 Å². The minimum atomic E-state index is -1.77. The van der Waals surface area contributed by atoms with Gasteiger partial charge >= 0.3 is 11.7 Å². The van der Waals surface area contributed by atoms with Crippen molar-refractivity contribution in [3.8, 4) is 11.4 Å². The zero-order valence-electron chi connectivity index (χ0n) is 18.6. The lowest BCUT2D eigenvalue weighted by molar-refractivity contribution is -0.150. The molecule has 0 saturated carbocycles. The van der Waals surface area contributed by atoms with Gasteiger partial charge in [-0.15, -0.1) is 0 Å². The highest BCUT2D eigenvalue weighted by molar-refractivity contribution is 6.03. The molecular formula is C23H22N4O8. The highest BCUT2D eigenvalue weighted by Crippen LogP contribution is 2.23. The lowest BCUT2D eigenvalue weighted by Crippen LogP contribution is -2.55. The fourth-order valence-electron chi connectivity index (χ4n) is 3.58. The predicted octanol–water partition coefficient (Wildman–Crippen LogP) is 0.477. The van der Waals surface area contributed by atoms with E-state index in [2.05, 4.69) is 24.7 Å². The zero-order valence-corrected chi connectivity index (χ0v) is 18.6. The lowest BCUT2D eigenvalue weighted by atomic mass is 10.1. The first-order valence-electron chi connectivity index (χ1n) is 10.6. The zero-order chi connectivity index (χ0) is 24.9. The number of aromatic nitrogens is 2. The van der Waals surface area contributed by atoms with Crippen LogP contribution >= 0.6 is 0 Å². The van der Waals surface area contributed by atoms with Gasteiger partial charge < -0.3 is 24.8 Å². The molecule has 1 aliphatic heterocycles. The van der Waals surface area contributed by atoms with Crippen molar-refractivity contribution in [2.75, 3.05) is 30.5 Å². The van der Waals surface area contributed by atoms with Crippen molar-refractivity contribution in [2.45, 2.75) is 18.6 Å². The Morgan fingerprint density at radius 2 is 2.03 bits per heavy atom. The molecule has 1 saturated heterocycles. The van der Waals surface area contributed by atoms with Gasteiger partial charge in [0, 0.05) is 23.5 Å². The van der Waals surface area contributed by atoms with Crippen molar-refractivity contribution in [1.82, 2.24) is 10.1 Å². The van der Waals surface area contributed by atoms with Crippen LogP contribution in [0, 0.1) is 0 Å². The highest BCUT2D eigenvalue weighted by Gasteiger charge is 2.39. The molecule has 3 N–H and O–H groups in total. The second kappa shape index (κ2) is 10.3. The number of aliphatic hydroxyl groups is 1. The molecule has 2 heterocycles. The molecule has 0 unspecified atom stereocenters. The summed E-state index contributed by atoms with van der Waals surface area (Å²) in [5.41, 5.74) is 2.06. The van der Waals surface area contributed by atoms with Crippen molar-refractivity contribution in [3.63, 3.8) is 0 Å². The minimum absolute atomic E-state index is 0.0445. The van der Waals surface area contributed by atoms with Gasteiger partial charge in [-0.05, 0) is 42.0 Å². The monoisotopic (exact) mass is 482 g/mol. The van der Waals surface area contributed by atoms with Gasteiger partial charge in [0.2, 0.25) is 0 Å². The Morgan fingerprint density at radius 3 is 2.71 bits per heavy atom. The third kappa shape index (κ3) is 5.45. The number of morpholine rings is 1. The molecule has 12 nitrogen and oxygen atoms in total. The van der Waals surface area contributed by atoms with Crippen molar-refractivity contribution in [1.29, 1.82) is 0 Å². The maximum atomic E-state index is 13.0. The van der Waals surface area contributed by atoms with Crippen LogP contribution in [0.15, 0.2) is 57.8 Å². The Bertz CT molecular complexity index is 1280. The van der Waals surface area contributed by atoms with Gasteiger partial charge in [-0.2, -0.15) is 0 Å². The van der Waals surface area contributed by atoms with Gasteiger partial charge in [0.1, 0.15) is 0 Å². The number of carbonyl (C=O) groups excluding carboxylic acids is 3. The van der Waals surface area contributed by atoms with E-state index in [4.69, 9.17) is 4.74 Å². The molecule has 0 spiro atoms. The second-order valence-electron chi connectivity index (χ2n) is 7.66. The third-order valence-electron chi connectivity index (χ3n) is 5.34. The fraction of sp³-hybridized carbons (Fsp3) is 0.261. The van der Waals surface area contributed by atoms with Gasteiger partial charge in [-0.1, -0.05) is 17.3 Å². The number of carbonyl (C=O) groups is 3. The average molecular weight is 482 g/mol. The summed E-state index contributed by atoms with van der Waals surface area (Å²) < 4.78 is 14.6. The van der Waals surface area contributed by atoms with E-state index in [-0.39, 0.29) is 25.4 Å². The normalized spacial score (nSPS) is 16.6. The average Bonchev–Trinajstić information content (AvgIpc) is 3.30. The summed E-state index contributed by atoms with van der Waals surface area (Å²) in [5, 5.41) is 16.7. The van der Waals surface area contributed by atoms with Gasteiger partial charge in [0.25, 0.3) is 11.8 Å². The number of aliphatic hydroxyl groups excluding tert-OH is 1. The summed E-state index contributed by atoms with van der Waals surface area (Å²) in [7, 11) is 1.29. The van der Waals surface area contributed by atoms with Crippen molar-refractivity contribution in [3.05, 3.63) is 64.6 Å². The topological polar surface area (TPSA) is 164 Å². The molecular weight excluding hydrogens is 460 g/mol. The van der Waals surface area contributed by atoms with Crippen LogP contribution in [0.3, 0.4) is 0 Å². The Kier molecular flexibility index (Phi) is 7.03. The number of hydrogen-bond donors (Lipinski definition) is 3. The van der Waals surface area contributed by atoms with E-state index in [1.54, 1.807) is 36.4 Å². The number of nitrogens with zero attached hydrogens (tertiary/aromatic N) is 2.